The van der Waals surface area contributed by atoms with E-state index in [4.69, 9.17) is 9.84 Å². The molecule has 0 radical (unpaired) electrons. The van der Waals surface area contributed by atoms with E-state index < -0.39 is 5.97 Å². The van der Waals surface area contributed by atoms with Crippen molar-refractivity contribution < 1.29 is 19.4 Å². The van der Waals surface area contributed by atoms with Crippen molar-refractivity contribution in [1.29, 1.82) is 0 Å². The summed E-state index contributed by atoms with van der Waals surface area (Å²) in [7, 11) is 0. The van der Waals surface area contributed by atoms with Gasteiger partial charge in [-0.1, -0.05) is 0 Å². The van der Waals surface area contributed by atoms with Crippen LogP contribution >= 0.6 is 0 Å². The van der Waals surface area contributed by atoms with E-state index >= 15 is 0 Å². The number of aromatic amines is 1. The summed E-state index contributed by atoms with van der Waals surface area (Å²) in [6, 6.07) is 0. The molecule has 0 saturated carbocycles. The molecule has 1 aromatic heterocycles. The summed E-state index contributed by atoms with van der Waals surface area (Å²) in [5, 5.41) is 8.98. The maximum Gasteiger partial charge on any atom is 0.354 e. The van der Waals surface area contributed by atoms with E-state index in [0.29, 0.717) is 13.1 Å². The Bertz CT molecular complexity index is 465. The molecule has 7 heteroatoms. The number of ether oxygens (including phenoxy) is 1. The van der Waals surface area contributed by atoms with Gasteiger partial charge < -0.3 is 19.7 Å². The number of amides is 1. The standard InChI is InChI=1S/C12H17N3O4/c1-2-15(6-8-4-3-5-19-8)11(16)9-10(12(17)18)14-7-13-9/h7-8H,2-6H2,1H3,(H,13,14)(H,17,18). The zero-order valence-corrected chi connectivity index (χ0v) is 10.8. The number of aromatic nitrogens is 2. The lowest BCUT2D eigenvalue weighted by molar-refractivity contribution is 0.0528. The number of carbonyl (C=O) groups excluding carboxylic acids is 1. The van der Waals surface area contributed by atoms with Crippen LogP contribution in [0.4, 0.5) is 0 Å². The summed E-state index contributed by atoms with van der Waals surface area (Å²) in [5.74, 6) is -1.56. The van der Waals surface area contributed by atoms with Crippen LogP contribution in [0.15, 0.2) is 6.33 Å². The van der Waals surface area contributed by atoms with Crippen molar-refractivity contribution in [3.63, 3.8) is 0 Å². The second-order valence-electron chi connectivity index (χ2n) is 4.41. The highest BCUT2D eigenvalue weighted by Gasteiger charge is 2.27. The zero-order valence-electron chi connectivity index (χ0n) is 10.8. The summed E-state index contributed by atoms with van der Waals surface area (Å²) in [6.45, 7) is 3.53. The van der Waals surface area contributed by atoms with Gasteiger partial charge >= 0.3 is 5.97 Å². The van der Waals surface area contributed by atoms with Crippen LogP contribution in [0, 0.1) is 0 Å². The van der Waals surface area contributed by atoms with Crippen LogP contribution in [0.1, 0.15) is 40.7 Å². The van der Waals surface area contributed by atoms with Gasteiger partial charge in [0.05, 0.1) is 12.4 Å². The first-order valence-corrected chi connectivity index (χ1v) is 6.31. The summed E-state index contributed by atoms with van der Waals surface area (Å²) in [4.78, 5) is 31.1. The maximum atomic E-state index is 12.3. The average molecular weight is 267 g/mol. The van der Waals surface area contributed by atoms with Crippen molar-refractivity contribution in [1.82, 2.24) is 14.9 Å². The molecule has 1 aromatic rings. The summed E-state index contributed by atoms with van der Waals surface area (Å²) in [6.07, 6.45) is 3.18. The number of nitrogens with zero attached hydrogens (tertiary/aromatic N) is 2. The quantitative estimate of drug-likeness (QED) is 0.820. The van der Waals surface area contributed by atoms with E-state index in [1.54, 1.807) is 4.90 Å². The SMILES string of the molecule is CCN(CC1CCCO1)C(=O)c1nc[nH]c1C(=O)O. The second kappa shape index (κ2) is 5.83. The van der Waals surface area contributed by atoms with E-state index in [0.717, 1.165) is 19.4 Å². The Hall–Kier alpha value is -1.89. The largest absolute Gasteiger partial charge is 0.477 e. The molecule has 104 valence electrons. The molecule has 1 aliphatic rings. The van der Waals surface area contributed by atoms with Crippen molar-refractivity contribution in [3.05, 3.63) is 17.7 Å². The molecule has 1 atom stereocenters. The fourth-order valence-electron chi connectivity index (χ4n) is 2.16. The van der Waals surface area contributed by atoms with Crippen molar-refractivity contribution >= 4 is 11.9 Å². The molecule has 0 aromatic carbocycles. The van der Waals surface area contributed by atoms with Crippen LogP contribution in [-0.4, -0.2) is 57.7 Å². The molecule has 2 rings (SSSR count). The van der Waals surface area contributed by atoms with Gasteiger partial charge in [-0.3, -0.25) is 4.79 Å². The van der Waals surface area contributed by atoms with E-state index in [2.05, 4.69) is 9.97 Å². The molecule has 1 fully saturated rings. The molecular formula is C12H17N3O4. The summed E-state index contributed by atoms with van der Waals surface area (Å²) in [5.41, 5.74) is -0.219. The van der Waals surface area contributed by atoms with Gasteiger partial charge in [-0.2, -0.15) is 0 Å². The molecule has 0 aliphatic carbocycles. The number of nitrogens with one attached hydrogen (secondary N) is 1. The Morgan fingerprint density at radius 1 is 1.63 bits per heavy atom. The van der Waals surface area contributed by atoms with Gasteiger partial charge in [-0.15, -0.1) is 0 Å². The lowest BCUT2D eigenvalue weighted by atomic mass is 10.2. The van der Waals surface area contributed by atoms with E-state index in [9.17, 15) is 9.59 Å². The molecule has 1 saturated heterocycles. The third-order valence-corrected chi connectivity index (χ3v) is 3.17. The fourth-order valence-corrected chi connectivity index (χ4v) is 2.16. The normalized spacial score (nSPS) is 18.5. The van der Waals surface area contributed by atoms with Crippen LogP contribution < -0.4 is 0 Å². The molecule has 0 spiro atoms. The third kappa shape index (κ3) is 2.93. The van der Waals surface area contributed by atoms with Crippen molar-refractivity contribution in [2.75, 3.05) is 19.7 Å². The van der Waals surface area contributed by atoms with Gasteiger partial charge in [0.25, 0.3) is 5.91 Å². The van der Waals surface area contributed by atoms with Crippen LogP contribution in [-0.2, 0) is 4.74 Å². The molecule has 19 heavy (non-hydrogen) atoms. The van der Waals surface area contributed by atoms with E-state index in [1.165, 1.54) is 6.33 Å². The molecular weight excluding hydrogens is 250 g/mol. The monoisotopic (exact) mass is 267 g/mol. The van der Waals surface area contributed by atoms with E-state index in [-0.39, 0.29) is 23.4 Å². The van der Waals surface area contributed by atoms with Crippen molar-refractivity contribution in [3.8, 4) is 0 Å². The number of carboxylic acid groups (broad SMARTS) is 1. The van der Waals surface area contributed by atoms with Crippen LogP contribution in [0.2, 0.25) is 0 Å². The van der Waals surface area contributed by atoms with Gasteiger partial charge in [0.1, 0.15) is 0 Å². The highest BCUT2D eigenvalue weighted by Crippen LogP contribution is 2.15. The van der Waals surface area contributed by atoms with E-state index in [1.807, 2.05) is 6.92 Å². The van der Waals surface area contributed by atoms with Gasteiger partial charge in [-0.25, -0.2) is 9.78 Å². The average Bonchev–Trinajstić information content (AvgIpc) is 3.05. The highest BCUT2D eigenvalue weighted by molar-refractivity contribution is 6.02. The van der Waals surface area contributed by atoms with Gasteiger partial charge in [0, 0.05) is 19.7 Å². The number of imidazole rings is 1. The number of likely N-dealkylation sites (N-methyl/N-ethyl adjacent to an activating group) is 1. The molecule has 7 nitrogen and oxygen atoms in total. The molecule has 0 bridgehead atoms. The first-order valence-electron chi connectivity index (χ1n) is 6.31. The number of H-pyrrole nitrogens is 1. The summed E-state index contributed by atoms with van der Waals surface area (Å²) >= 11 is 0. The third-order valence-electron chi connectivity index (χ3n) is 3.17. The molecule has 1 unspecified atom stereocenters. The highest BCUT2D eigenvalue weighted by atomic mass is 16.5. The topological polar surface area (TPSA) is 95.5 Å². The first-order chi connectivity index (χ1) is 9.13. The van der Waals surface area contributed by atoms with Crippen LogP contribution in [0.5, 0.6) is 0 Å². The van der Waals surface area contributed by atoms with Crippen molar-refractivity contribution in [2.45, 2.75) is 25.9 Å². The predicted octanol–water partition coefficient (Wildman–Crippen LogP) is 0.749. The number of hydrogen-bond acceptors (Lipinski definition) is 4. The number of carboxylic acids is 1. The predicted molar refractivity (Wildman–Crippen MR) is 66.1 cm³/mol. The smallest absolute Gasteiger partial charge is 0.354 e. The summed E-state index contributed by atoms with van der Waals surface area (Å²) < 4.78 is 5.49. The van der Waals surface area contributed by atoms with Gasteiger partial charge in [-0.05, 0) is 19.8 Å². The zero-order chi connectivity index (χ0) is 13.8. The molecule has 1 aliphatic heterocycles. The Balaban J connectivity index is 2.11. The lowest BCUT2D eigenvalue weighted by Gasteiger charge is -2.23. The molecule has 2 heterocycles. The molecule has 2 N–H and O–H groups in total. The Kier molecular flexibility index (Phi) is 4.16. The number of hydrogen-bond donors (Lipinski definition) is 2. The minimum atomic E-state index is -1.19. The minimum Gasteiger partial charge on any atom is -0.477 e. The Morgan fingerprint density at radius 2 is 2.42 bits per heavy atom. The first kappa shape index (κ1) is 13.5. The minimum absolute atomic E-state index is 0.0381. The van der Waals surface area contributed by atoms with Crippen molar-refractivity contribution in [2.24, 2.45) is 0 Å². The van der Waals surface area contributed by atoms with Crippen LogP contribution in [0.25, 0.3) is 0 Å². The lowest BCUT2D eigenvalue weighted by Crippen LogP contribution is -2.38. The van der Waals surface area contributed by atoms with Gasteiger partial charge in [0.15, 0.2) is 11.4 Å². The molecule has 1 amide bonds. The maximum absolute atomic E-state index is 12.3. The number of aromatic carboxylic acids is 1. The van der Waals surface area contributed by atoms with Gasteiger partial charge in [0.2, 0.25) is 0 Å². The number of rotatable bonds is 5. The number of carbonyl (C=O) groups is 2. The van der Waals surface area contributed by atoms with Crippen LogP contribution in [0.3, 0.4) is 0 Å². The fraction of sp³-hybridized carbons (Fsp3) is 0.583. The Labute approximate surface area is 110 Å². The second-order valence-corrected chi connectivity index (χ2v) is 4.41. The Morgan fingerprint density at radius 3 is 3.00 bits per heavy atom.